The van der Waals surface area contributed by atoms with Gasteiger partial charge in [0.15, 0.2) is 6.10 Å². The van der Waals surface area contributed by atoms with Gasteiger partial charge < -0.3 is 9.47 Å². The van der Waals surface area contributed by atoms with Crippen molar-refractivity contribution in [2.75, 3.05) is 0 Å². The number of esters is 2. The second-order valence-corrected chi connectivity index (χ2v) is 5.56. The van der Waals surface area contributed by atoms with Crippen molar-refractivity contribution in [2.24, 2.45) is 0 Å². The van der Waals surface area contributed by atoms with Gasteiger partial charge in [0.05, 0.1) is 11.1 Å². The number of hydrogen-bond donors (Lipinski definition) is 0. The summed E-state index contributed by atoms with van der Waals surface area (Å²) in [4.78, 5) is 24.2. The molecule has 3 rings (SSSR count). The van der Waals surface area contributed by atoms with Gasteiger partial charge in [-0.3, -0.25) is 0 Å². The molecule has 120 valence electrons. The number of nitrogens with zero attached hydrogens (tertiary/aromatic N) is 1. The summed E-state index contributed by atoms with van der Waals surface area (Å²) < 4.78 is 10.5. The third-order valence-corrected chi connectivity index (χ3v) is 3.85. The van der Waals surface area contributed by atoms with E-state index in [1.54, 1.807) is 12.1 Å². The number of carbonyl (C=O) groups is 2. The SMILES string of the molecule is CC(C#N)OC(=O)c1ccc2c(c1)CC(c1ccccc1)OC2=O. The molecule has 0 aromatic heterocycles. The van der Waals surface area contributed by atoms with E-state index in [2.05, 4.69) is 0 Å². The molecule has 5 nitrogen and oxygen atoms in total. The van der Waals surface area contributed by atoms with Gasteiger partial charge in [-0.15, -0.1) is 0 Å². The summed E-state index contributed by atoms with van der Waals surface area (Å²) in [5, 5.41) is 8.73. The van der Waals surface area contributed by atoms with Crippen LogP contribution in [0.1, 0.15) is 44.9 Å². The van der Waals surface area contributed by atoms with Crippen molar-refractivity contribution in [3.63, 3.8) is 0 Å². The molecular weight excluding hydrogens is 306 g/mol. The largest absolute Gasteiger partial charge is 0.454 e. The van der Waals surface area contributed by atoms with Crippen LogP contribution in [0, 0.1) is 11.3 Å². The zero-order valence-corrected chi connectivity index (χ0v) is 13.1. The number of fused-ring (bicyclic) bond motifs is 1. The van der Waals surface area contributed by atoms with Gasteiger partial charge in [-0.05, 0) is 36.2 Å². The quantitative estimate of drug-likeness (QED) is 0.811. The van der Waals surface area contributed by atoms with Crippen LogP contribution in [0.15, 0.2) is 48.5 Å². The number of rotatable bonds is 3. The highest BCUT2D eigenvalue weighted by atomic mass is 16.5. The Morgan fingerprint density at radius 1 is 1.29 bits per heavy atom. The Kier molecular flexibility index (Phi) is 4.30. The molecule has 0 bridgehead atoms. The van der Waals surface area contributed by atoms with Crippen molar-refractivity contribution in [3.05, 3.63) is 70.8 Å². The van der Waals surface area contributed by atoms with Crippen LogP contribution in [0.4, 0.5) is 0 Å². The summed E-state index contributed by atoms with van der Waals surface area (Å²) in [7, 11) is 0. The number of carbonyl (C=O) groups excluding carboxylic acids is 2. The Morgan fingerprint density at radius 3 is 2.75 bits per heavy atom. The summed E-state index contributed by atoms with van der Waals surface area (Å²) in [6.07, 6.45) is -0.717. The summed E-state index contributed by atoms with van der Waals surface area (Å²) in [5.41, 5.74) is 2.41. The maximum absolute atomic E-state index is 12.2. The molecular formula is C19H15NO4. The molecule has 0 spiro atoms. The van der Waals surface area contributed by atoms with Crippen LogP contribution in [-0.2, 0) is 15.9 Å². The molecule has 0 radical (unpaired) electrons. The zero-order chi connectivity index (χ0) is 17.1. The molecule has 2 aromatic rings. The summed E-state index contributed by atoms with van der Waals surface area (Å²) in [6, 6.07) is 16.0. The van der Waals surface area contributed by atoms with Gasteiger partial charge >= 0.3 is 11.9 Å². The maximum Gasteiger partial charge on any atom is 0.339 e. The lowest BCUT2D eigenvalue weighted by molar-refractivity contribution is 0.0250. The second-order valence-electron chi connectivity index (χ2n) is 5.56. The molecule has 2 atom stereocenters. The van der Waals surface area contributed by atoms with Crippen LogP contribution in [0.5, 0.6) is 0 Å². The Balaban J connectivity index is 1.88. The van der Waals surface area contributed by atoms with Crippen molar-refractivity contribution in [3.8, 4) is 6.07 Å². The molecule has 0 N–H and O–H groups in total. The molecule has 0 amide bonds. The predicted octanol–water partition coefficient (Wildman–Crippen LogP) is 3.21. The van der Waals surface area contributed by atoms with Gasteiger partial charge in [0.25, 0.3) is 0 Å². The van der Waals surface area contributed by atoms with Crippen LogP contribution >= 0.6 is 0 Å². The van der Waals surface area contributed by atoms with Gasteiger partial charge in [-0.2, -0.15) is 5.26 Å². The first kappa shape index (κ1) is 15.8. The third kappa shape index (κ3) is 3.13. The summed E-state index contributed by atoms with van der Waals surface area (Å²) in [6.45, 7) is 1.50. The van der Waals surface area contributed by atoms with Crippen molar-refractivity contribution < 1.29 is 19.1 Å². The number of hydrogen-bond acceptors (Lipinski definition) is 5. The molecule has 5 heteroatoms. The first-order valence-electron chi connectivity index (χ1n) is 7.58. The average molecular weight is 321 g/mol. The van der Waals surface area contributed by atoms with E-state index in [-0.39, 0.29) is 6.10 Å². The molecule has 0 fully saturated rings. The molecule has 1 aliphatic heterocycles. The van der Waals surface area contributed by atoms with E-state index >= 15 is 0 Å². The fourth-order valence-electron chi connectivity index (χ4n) is 2.63. The standard InChI is InChI=1S/C19H15NO4/c1-12(11-20)23-18(21)14-7-8-16-15(9-14)10-17(24-19(16)22)13-5-3-2-4-6-13/h2-9,12,17H,10H2,1H3. The Labute approximate surface area is 139 Å². The Bertz CT molecular complexity index is 823. The van der Waals surface area contributed by atoms with Crippen molar-refractivity contribution in [1.82, 2.24) is 0 Å². The smallest absolute Gasteiger partial charge is 0.339 e. The van der Waals surface area contributed by atoms with E-state index in [4.69, 9.17) is 14.7 Å². The van der Waals surface area contributed by atoms with E-state index in [1.807, 2.05) is 36.4 Å². The van der Waals surface area contributed by atoms with Gasteiger partial charge in [0.2, 0.25) is 0 Å². The minimum atomic E-state index is -0.824. The van der Waals surface area contributed by atoms with Gasteiger partial charge in [-0.25, -0.2) is 9.59 Å². The lowest BCUT2D eigenvalue weighted by Crippen LogP contribution is -2.22. The molecule has 0 aliphatic carbocycles. The fourth-order valence-corrected chi connectivity index (χ4v) is 2.63. The van der Waals surface area contributed by atoms with Crippen LogP contribution in [0.25, 0.3) is 0 Å². The van der Waals surface area contributed by atoms with E-state index < -0.39 is 18.0 Å². The Morgan fingerprint density at radius 2 is 2.04 bits per heavy atom. The van der Waals surface area contributed by atoms with Crippen molar-refractivity contribution >= 4 is 11.9 Å². The molecule has 24 heavy (non-hydrogen) atoms. The average Bonchev–Trinajstić information content (AvgIpc) is 2.61. The zero-order valence-electron chi connectivity index (χ0n) is 13.1. The number of nitriles is 1. The van der Waals surface area contributed by atoms with Crippen LogP contribution in [-0.4, -0.2) is 18.0 Å². The molecule has 0 saturated heterocycles. The first-order valence-corrected chi connectivity index (χ1v) is 7.58. The summed E-state index contributed by atoms with van der Waals surface area (Å²) in [5.74, 6) is -0.988. The molecule has 2 aromatic carbocycles. The van der Waals surface area contributed by atoms with E-state index in [9.17, 15) is 9.59 Å². The minimum absolute atomic E-state index is 0.317. The Hall–Kier alpha value is -3.13. The lowest BCUT2D eigenvalue weighted by Gasteiger charge is -2.25. The highest BCUT2D eigenvalue weighted by Crippen LogP contribution is 2.31. The van der Waals surface area contributed by atoms with Crippen LogP contribution < -0.4 is 0 Å². The van der Waals surface area contributed by atoms with Crippen LogP contribution in [0.2, 0.25) is 0 Å². The molecule has 2 unspecified atom stereocenters. The van der Waals surface area contributed by atoms with E-state index in [1.165, 1.54) is 13.0 Å². The number of ether oxygens (including phenoxy) is 2. The van der Waals surface area contributed by atoms with Crippen LogP contribution in [0.3, 0.4) is 0 Å². The van der Waals surface area contributed by atoms with Gasteiger partial charge in [0, 0.05) is 6.42 Å². The first-order chi connectivity index (χ1) is 11.6. The van der Waals surface area contributed by atoms with Gasteiger partial charge in [0.1, 0.15) is 12.2 Å². The molecule has 1 heterocycles. The van der Waals surface area contributed by atoms with E-state index in [0.717, 1.165) is 11.1 Å². The monoisotopic (exact) mass is 321 g/mol. The predicted molar refractivity (Wildman–Crippen MR) is 85.2 cm³/mol. The highest BCUT2D eigenvalue weighted by Gasteiger charge is 2.28. The summed E-state index contributed by atoms with van der Waals surface area (Å²) >= 11 is 0. The van der Waals surface area contributed by atoms with Crippen molar-refractivity contribution in [2.45, 2.75) is 25.6 Å². The molecule has 0 saturated carbocycles. The number of benzene rings is 2. The van der Waals surface area contributed by atoms with E-state index in [0.29, 0.717) is 17.5 Å². The molecule has 1 aliphatic rings. The number of cyclic esters (lactones) is 1. The highest BCUT2D eigenvalue weighted by molar-refractivity contribution is 5.95. The maximum atomic E-state index is 12.2. The van der Waals surface area contributed by atoms with Gasteiger partial charge in [-0.1, -0.05) is 30.3 Å². The minimum Gasteiger partial charge on any atom is -0.454 e. The fraction of sp³-hybridized carbons (Fsp3) is 0.211. The topological polar surface area (TPSA) is 76.4 Å². The van der Waals surface area contributed by atoms with Crippen molar-refractivity contribution in [1.29, 1.82) is 5.26 Å². The normalized spacial score (nSPS) is 17.2. The second kappa shape index (κ2) is 6.55. The third-order valence-electron chi connectivity index (χ3n) is 3.85. The lowest BCUT2D eigenvalue weighted by atomic mass is 9.93.